The van der Waals surface area contributed by atoms with E-state index in [1.165, 1.54) is 6.20 Å². The zero-order chi connectivity index (χ0) is 16.5. The van der Waals surface area contributed by atoms with Gasteiger partial charge in [0.15, 0.2) is 0 Å². The minimum atomic E-state index is -0.524. The van der Waals surface area contributed by atoms with Gasteiger partial charge in [-0.25, -0.2) is 14.3 Å². The SMILES string of the molecule is CCOC(=O)c1cnn(C2CN(C(=O)OC(C)(C)C)C2)c1N. The van der Waals surface area contributed by atoms with Gasteiger partial charge >= 0.3 is 12.1 Å². The Labute approximate surface area is 129 Å². The molecule has 122 valence electrons. The Hall–Kier alpha value is -2.25. The van der Waals surface area contributed by atoms with Crippen LogP contribution in [0.25, 0.3) is 0 Å². The number of rotatable bonds is 3. The van der Waals surface area contributed by atoms with Gasteiger partial charge in [0.05, 0.1) is 18.8 Å². The van der Waals surface area contributed by atoms with Gasteiger partial charge in [-0.05, 0) is 27.7 Å². The van der Waals surface area contributed by atoms with Gasteiger partial charge in [0.25, 0.3) is 0 Å². The number of likely N-dealkylation sites (tertiary alicyclic amines) is 1. The van der Waals surface area contributed by atoms with Crippen LogP contribution in [0.1, 0.15) is 44.1 Å². The highest BCUT2D eigenvalue weighted by Gasteiger charge is 2.36. The summed E-state index contributed by atoms with van der Waals surface area (Å²) in [7, 11) is 0. The topological polar surface area (TPSA) is 99.7 Å². The Morgan fingerprint density at radius 2 is 2.05 bits per heavy atom. The fraction of sp³-hybridized carbons (Fsp3) is 0.643. The standard InChI is InChI=1S/C14H22N4O4/c1-5-21-12(19)10-6-16-18(11(10)15)9-7-17(8-9)13(20)22-14(2,3)4/h6,9H,5,7-8,15H2,1-4H3. The molecule has 8 heteroatoms. The average Bonchev–Trinajstić information content (AvgIpc) is 2.68. The van der Waals surface area contributed by atoms with E-state index in [-0.39, 0.29) is 30.1 Å². The third kappa shape index (κ3) is 3.32. The van der Waals surface area contributed by atoms with Crippen molar-refractivity contribution in [3.63, 3.8) is 0 Å². The lowest BCUT2D eigenvalue weighted by Crippen LogP contribution is -2.52. The highest BCUT2D eigenvalue weighted by atomic mass is 16.6. The minimum absolute atomic E-state index is 0.0595. The molecule has 2 rings (SSSR count). The molecule has 0 radical (unpaired) electrons. The van der Waals surface area contributed by atoms with Gasteiger partial charge < -0.3 is 20.1 Å². The maximum absolute atomic E-state index is 11.9. The molecule has 1 aliphatic heterocycles. The maximum atomic E-state index is 11.9. The summed E-state index contributed by atoms with van der Waals surface area (Å²) >= 11 is 0. The number of nitrogen functional groups attached to an aromatic ring is 1. The van der Waals surface area contributed by atoms with E-state index in [2.05, 4.69) is 5.10 Å². The number of esters is 1. The first kappa shape index (κ1) is 16.1. The summed E-state index contributed by atoms with van der Waals surface area (Å²) in [6, 6.07) is -0.0595. The fourth-order valence-corrected chi connectivity index (χ4v) is 2.11. The third-order valence-electron chi connectivity index (χ3n) is 3.19. The molecule has 1 aromatic rings. The van der Waals surface area contributed by atoms with Crippen LogP contribution in [-0.2, 0) is 9.47 Å². The number of anilines is 1. The lowest BCUT2D eigenvalue weighted by molar-refractivity contribution is -0.000166. The molecule has 0 unspecified atom stereocenters. The highest BCUT2D eigenvalue weighted by Crippen LogP contribution is 2.26. The monoisotopic (exact) mass is 310 g/mol. The van der Waals surface area contributed by atoms with Gasteiger partial charge in [-0.15, -0.1) is 0 Å². The van der Waals surface area contributed by atoms with E-state index < -0.39 is 11.6 Å². The van der Waals surface area contributed by atoms with Crippen LogP contribution in [0.15, 0.2) is 6.20 Å². The van der Waals surface area contributed by atoms with E-state index in [0.29, 0.717) is 13.1 Å². The second-order valence-electron chi connectivity index (χ2n) is 6.15. The first-order chi connectivity index (χ1) is 10.2. The zero-order valence-electron chi connectivity index (χ0n) is 13.3. The molecule has 1 aromatic heterocycles. The second-order valence-corrected chi connectivity index (χ2v) is 6.15. The van der Waals surface area contributed by atoms with Crippen molar-refractivity contribution < 1.29 is 19.1 Å². The van der Waals surface area contributed by atoms with Gasteiger partial charge in [-0.1, -0.05) is 0 Å². The van der Waals surface area contributed by atoms with Crippen LogP contribution in [0, 0.1) is 0 Å². The number of nitrogens with two attached hydrogens (primary N) is 1. The molecule has 2 N–H and O–H groups in total. The molecule has 2 heterocycles. The predicted octanol–water partition coefficient (Wildman–Crippen LogP) is 1.43. The molecule has 1 fully saturated rings. The molecule has 1 saturated heterocycles. The van der Waals surface area contributed by atoms with Crippen LogP contribution in [0.5, 0.6) is 0 Å². The van der Waals surface area contributed by atoms with E-state index in [9.17, 15) is 9.59 Å². The van der Waals surface area contributed by atoms with E-state index in [4.69, 9.17) is 15.2 Å². The molecule has 0 aromatic carbocycles. The molecule has 22 heavy (non-hydrogen) atoms. The molecular formula is C14H22N4O4. The summed E-state index contributed by atoms with van der Waals surface area (Å²) in [4.78, 5) is 25.1. The van der Waals surface area contributed by atoms with Crippen molar-refractivity contribution in [1.29, 1.82) is 0 Å². The van der Waals surface area contributed by atoms with Crippen LogP contribution in [0.3, 0.4) is 0 Å². The number of nitrogens with zero attached hydrogens (tertiary/aromatic N) is 3. The third-order valence-corrected chi connectivity index (χ3v) is 3.19. The normalized spacial score (nSPS) is 15.4. The number of carbonyl (C=O) groups is 2. The highest BCUT2D eigenvalue weighted by molar-refractivity contribution is 5.94. The molecule has 0 spiro atoms. The van der Waals surface area contributed by atoms with Crippen molar-refractivity contribution in [3.05, 3.63) is 11.8 Å². The first-order valence-corrected chi connectivity index (χ1v) is 7.21. The van der Waals surface area contributed by atoms with Crippen LogP contribution < -0.4 is 5.73 Å². The lowest BCUT2D eigenvalue weighted by atomic mass is 10.1. The average molecular weight is 310 g/mol. The second kappa shape index (κ2) is 5.86. The molecule has 0 aliphatic carbocycles. The van der Waals surface area contributed by atoms with Gasteiger partial charge in [-0.3, -0.25) is 0 Å². The summed E-state index contributed by atoms with van der Waals surface area (Å²) < 4.78 is 11.7. The quantitative estimate of drug-likeness (QED) is 0.848. The number of carbonyl (C=O) groups excluding carboxylic acids is 2. The van der Waals surface area contributed by atoms with Gasteiger partial charge in [0.1, 0.15) is 17.0 Å². The Morgan fingerprint density at radius 1 is 1.41 bits per heavy atom. The Morgan fingerprint density at radius 3 is 2.59 bits per heavy atom. The summed E-state index contributed by atoms with van der Waals surface area (Å²) in [5, 5.41) is 4.12. The summed E-state index contributed by atoms with van der Waals surface area (Å²) in [5.74, 6) is -0.234. The molecule has 0 atom stereocenters. The van der Waals surface area contributed by atoms with Crippen molar-refractivity contribution in [2.45, 2.75) is 39.3 Å². The van der Waals surface area contributed by atoms with E-state index in [1.54, 1.807) is 16.5 Å². The molecule has 1 amide bonds. The van der Waals surface area contributed by atoms with Crippen molar-refractivity contribution >= 4 is 17.9 Å². The first-order valence-electron chi connectivity index (χ1n) is 7.21. The van der Waals surface area contributed by atoms with Crippen LogP contribution >= 0.6 is 0 Å². The molecule has 0 bridgehead atoms. The summed E-state index contributed by atoms with van der Waals surface area (Å²) in [5.41, 5.74) is 5.66. The largest absolute Gasteiger partial charge is 0.462 e. The van der Waals surface area contributed by atoms with E-state index in [0.717, 1.165) is 0 Å². The Bertz CT molecular complexity index is 570. The number of hydrogen-bond acceptors (Lipinski definition) is 6. The lowest BCUT2D eigenvalue weighted by Gasteiger charge is -2.39. The Balaban J connectivity index is 1.97. The van der Waals surface area contributed by atoms with Crippen LogP contribution in [0.4, 0.5) is 10.6 Å². The summed E-state index contributed by atoms with van der Waals surface area (Å²) in [6.07, 6.45) is 1.03. The summed E-state index contributed by atoms with van der Waals surface area (Å²) in [6.45, 7) is 8.35. The van der Waals surface area contributed by atoms with E-state index >= 15 is 0 Å². The number of amides is 1. The van der Waals surface area contributed by atoms with Crippen LogP contribution in [0.2, 0.25) is 0 Å². The molecule has 8 nitrogen and oxygen atoms in total. The van der Waals surface area contributed by atoms with Gasteiger partial charge in [0.2, 0.25) is 0 Å². The smallest absolute Gasteiger partial charge is 0.410 e. The number of hydrogen-bond donors (Lipinski definition) is 1. The zero-order valence-corrected chi connectivity index (χ0v) is 13.3. The van der Waals surface area contributed by atoms with Crippen molar-refractivity contribution in [3.8, 4) is 0 Å². The number of ether oxygens (including phenoxy) is 2. The van der Waals surface area contributed by atoms with Crippen molar-refractivity contribution in [1.82, 2.24) is 14.7 Å². The van der Waals surface area contributed by atoms with Crippen molar-refractivity contribution in [2.75, 3.05) is 25.4 Å². The van der Waals surface area contributed by atoms with Crippen LogP contribution in [-0.4, -0.2) is 52.0 Å². The number of aromatic nitrogens is 2. The molecular weight excluding hydrogens is 288 g/mol. The van der Waals surface area contributed by atoms with E-state index in [1.807, 2.05) is 20.8 Å². The molecule has 1 aliphatic rings. The predicted molar refractivity (Wildman–Crippen MR) is 79.4 cm³/mol. The molecule has 0 saturated carbocycles. The Kier molecular flexibility index (Phi) is 4.30. The van der Waals surface area contributed by atoms with Gasteiger partial charge in [0, 0.05) is 13.1 Å². The maximum Gasteiger partial charge on any atom is 0.410 e. The van der Waals surface area contributed by atoms with Gasteiger partial charge in [-0.2, -0.15) is 5.10 Å². The fourth-order valence-electron chi connectivity index (χ4n) is 2.11. The van der Waals surface area contributed by atoms with Crippen molar-refractivity contribution in [2.24, 2.45) is 0 Å². The minimum Gasteiger partial charge on any atom is -0.462 e.